The quantitative estimate of drug-likeness (QED) is 0.918. The highest BCUT2D eigenvalue weighted by molar-refractivity contribution is 7.90. The van der Waals surface area contributed by atoms with Gasteiger partial charge < -0.3 is 10.1 Å². The number of aromatic nitrogens is 1. The standard InChI is InChI=1S/C15H18N2O3S/c1-11-8-12(9-16-2)10-17-15(11)20-13-4-6-14(7-5-13)21(3,18)19/h4-8,10,16H,9H2,1-3H3. The van der Waals surface area contributed by atoms with Crippen LogP contribution in [0.15, 0.2) is 41.4 Å². The zero-order valence-corrected chi connectivity index (χ0v) is 13.1. The Morgan fingerprint density at radius 1 is 1.24 bits per heavy atom. The minimum Gasteiger partial charge on any atom is -0.439 e. The molecular weight excluding hydrogens is 288 g/mol. The third-order valence-corrected chi connectivity index (χ3v) is 4.06. The normalized spacial score (nSPS) is 11.4. The fourth-order valence-corrected chi connectivity index (χ4v) is 2.53. The summed E-state index contributed by atoms with van der Waals surface area (Å²) in [6.45, 7) is 2.67. The molecule has 0 aliphatic heterocycles. The van der Waals surface area contributed by atoms with E-state index in [2.05, 4.69) is 10.3 Å². The Kier molecular flexibility index (Phi) is 4.59. The Morgan fingerprint density at radius 2 is 1.90 bits per heavy atom. The Labute approximate surface area is 124 Å². The van der Waals surface area contributed by atoms with Gasteiger partial charge in [-0.3, -0.25) is 0 Å². The number of aryl methyl sites for hydroxylation is 1. The van der Waals surface area contributed by atoms with Crippen molar-refractivity contribution in [1.82, 2.24) is 10.3 Å². The van der Waals surface area contributed by atoms with E-state index in [1.165, 1.54) is 18.4 Å². The number of hydrogen-bond donors (Lipinski definition) is 1. The van der Waals surface area contributed by atoms with Crippen LogP contribution in [0.5, 0.6) is 11.6 Å². The maximum Gasteiger partial charge on any atom is 0.222 e. The lowest BCUT2D eigenvalue weighted by atomic mass is 10.2. The van der Waals surface area contributed by atoms with Gasteiger partial charge in [-0.1, -0.05) is 0 Å². The Hall–Kier alpha value is -1.92. The molecule has 1 aromatic heterocycles. The molecule has 0 spiro atoms. The van der Waals surface area contributed by atoms with Gasteiger partial charge in [0.2, 0.25) is 5.88 Å². The van der Waals surface area contributed by atoms with Crippen LogP contribution in [-0.4, -0.2) is 26.7 Å². The Bertz CT molecular complexity index is 725. The predicted molar refractivity (Wildman–Crippen MR) is 81.4 cm³/mol. The summed E-state index contributed by atoms with van der Waals surface area (Å²) in [6.07, 6.45) is 2.93. The van der Waals surface area contributed by atoms with Crippen LogP contribution in [0.3, 0.4) is 0 Å². The SMILES string of the molecule is CNCc1cnc(Oc2ccc(S(C)(=O)=O)cc2)c(C)c1. The summed E-state index contributed by atoms with van der Waals surface area (Å²) in [5, 5.41) is 3.06. The first-order valence-electron chi connectivity index (χ1n) is 6.48. The van der Waals surface area contributed by atoms with Crippen molar-refractivity contribution in [2.45, 2.75) is 18.4 Å². The Morgan fingerprint density at radius 3 is 2.43 bits per heavy atom. The first kappa shape index (κ1) is 15.5. The summed E-state index contributed by atoms with van der Waals surface area (Å²) in [5.74, 6) is 1.07. The minimum atomic E-state index is -3.19. The van der Waals surface area contributed by atoms with Gasteiger partial charge in [0, 0.05) is 24.6 Å². The van der Waals surface area contributed by atoms with Crippen LogP contribution in [-0.2, 0) is 16.4 Å². The van der Waals surface area contributed by atoms with Gasteiger partial charge in [0.15, 0.2) is 9.84 Å². The maximum atomic E-state index is 11.4. The largest absolute Gasteiger partial charge is 0.439 e. The highest BCUT2D eigenvalue weighted by Crippen LogP contribution is 2.24. The third kappa shape index (κ3) is 4.03. The lowest BCUT2D eigenvalue weighted by molar-refractivity contribution is 0.458. The van der Waals surface area contributed by atoms with E-state index in [1.807, 2.05) is 20.0 Å². The number of rotatable bonds is 5. The lowest BCUT2D eigenvalue weighted by Gasteiger charge is -2.09. The average Bonchev–Trinajstić information content (AvgIpc) is 2.42. The molecule has 6 heteroatoms. The maximum absolute atomic E-state index is 11.4. The molecule has 0 unspecified atom stereocenters. The van der Waals surface area contributed by atoms with E-state index in [-0.39, 0.29) is 4.90 Å². The molecular formula is C15H18N2O3S. The smallest absolute Gasteiger partial charge is 0.222 e. The van der Waals surface area contributed by atoms with Crippen molar-refractivity contribution in [3.8, 4) is 11.6 Å². The van der Waals surface area contributed by atoms with Crippen molar-refractivity contribution in [3.05, 3.63) is 47.7 Å². The zero-order chi connectivity index (χ0) is 15.5. The van der Waals surface area contributed by atoms with Crippen molar-refractivity contribution >= 4 is 9.84 Å². The number of nitrogens with one attached hydrogen (secondary N) is 1. The molecule has 0 atom stereocenters. The number of nitrogens with zero attached hydrogens (tertiary/aromatic N) is 1. The van der Waals surface area contributed by atoms with Crippen LogP contribution < -0.4 is 10.1 Å². The van der Waals surface area contributed by atoms with E-state index in [0.717, 1.165) is 17.7 Å². The zero-order valence-electron chi connectivity index (χ0n) is 12.3. The molecule has 0 saturated heterocycles. The highest BCUT2D eigenvalue weighted by Gasteiger charge is 2.08. The molecule has 1 aromatic carbocycles. The second-order valence-electron chi connectivity index (χ2n) is 4.84. The van der Waals surface area contributed by atoms with Crippen LogP contribution in [0.1, 0.15) is 11.1 Å². The first-order valence-corrected chi connectivity index (χ1v) is 8.37. The summed E-state index contributed by atoms with van der Waals surface area (Å²) in [4.78, 5) is 4.55. The summed E-state index contributed by atoms with van der Waals surface area (Å²) >= 11 is 0. The summed E-state index contributed by atoms with van der Waals surface area (Å²) in [5.41, 5.74) is 2.00. The van der Waals surface area contributed by atoms with Crippen molar-refractivity contribution in [3.63, 3.8) is 0 Å². The summed E-state index contributed by atoms with van der Waals surface area (Å²) in [7, 11) is -1.31. The van der Waals surface area contributed by atoms with Gasteiger partial charge >= 0.3 is 0 Å². The number of hydrogen-bond acceptors (Lipinski definition) is 5. The molecule has 0 amide bonds. The second kappa shape index (κ2) is 6.24. The number of sulfone groups is 1. The molecule has 1 heterocycles. The molecule has 21 heavy (non-hydrogen) atoms. The van der Waals surface area contributed by atoms with E-state index in [9.17, 15) is 8.42 Å². The summed E-state index contributed by atoms with van der Waals surface area (Å²) < 4.78 is 28.5. The topological polar surface area (TPSA) is 68.3 Å². The molecule has 0 fully saturated rings. The molecule has 1 N–H and O–H groups in total. The third-order valence-electron chi connectivity index (χ3n) is 2.93. The van der Waals surface area contributed by atoms with Crippen LogP contribution in [0.25, 0.3) is 0 Å². The fraction of sp³-hybridized carbons (Fsp3) is 0.267. The van der Waals surface area contributed by atoms with E-state index < -0.39 is 9.84 Å². The lowest BCUT2D eigenvalue weighted by Crippen LogP contribution is -2.06. The van der Waals surface area contributed by atoms with Crippen molar-refractivity contribution in [1.29, 1.82) is 0 Å². The van der Waals surface area contributed by atoms with Crippen LogP contribution >= 0.6 is 0 Å². The van der Waals surface area contributed by atoms with E-state index >= 15 is 0 Å². The number of pyridine rings is 1. The van der Waals surface area contributed by atoms with Crippen LogP contribution in [0.4, 0.5) is 0 Å². The highest BCUT2D eigenvalue weighted by atomic mass is 32.2. The predicted octanol–water partition coefficient (Wildman–Crippen LogP) is 2.31. The molecule has 0 aliphatic rings. The van der Waals surface area contributed by atoms with E-state index in [1.54, 1.807) is 18.3 Å². The van der Waals surface area contributed by atoms with Gasteiger partial charge in [0.1, 0.15) is 5.75 Å². The van der Waals surface area contributed by atoms with Gasteiger partial charge in [0.25, 0.3) is 0 Å². The molecule has 0 radical (unpaired) electrons. The molecule has 2 aromatic rings. The van der Waals surface area contributed by atoms with Gasteiger partial charge in [0.05, 0.1) is 4.90 Å². The molecule has 0 aliphatic carbocycles. The van der Waals surface area contributed by atoms with Crippen molar-refractivity contribution < 1.29 is 13.2 Å². The second-order valence-corrected chi connectivity index (χ2v) is 6.86. The fourth-order valence-electron chi connectivity index (χ4n) is 1.89. The van der Waals surface area contributed by atoms with Crippen LogP contribution in [0.2, 0.25) is 0 Å². The molecule has 0 bridgehead atoms. The molecule has 112 valence electrons. The minimum absolute atomic E-state index is 0.267. The number of benzene rings is 1. The van der Waals surface area contributed by atoms with E-state index in [0.29, 0.717) is 11.6 Å². The van der Waals surface area contributed by atoms with Crippen molar-refractivity contribution in [2.75, 3.05) is 13.3 Å². The summed E-state index contributed by atoms with van der Waals surface area (Å²) in [6, 6.07) is 8.30. The monoisotopic (exact) mass is 306 g/mol. The van der Waals surface area contributed by atoms with E-state index in [4.69, 9.17) is 4.74 Å². The molecule has 0 saturated carbocycles. The van der Waals surface area contributed by atoms with Gasteiger partial charge in [-0.2, -0.15) is 0 Å². The Balaban J connectivity index is 2.18. The molecule has 5 nitrogen and oxygen atoms in total. The molecule has 2 rings (SSSR count). The van der Waals surface area contributed by atoms with Crippen molar-refractivity contribution in [2.24, 2.45) is 0 Å². The first-order chi connectivity index (χ1) is 9.90. The average molecular weight is 306 g/mol. The van der Waals surface area contributed by atoms with Gasteiger partial charge in [-0.05, 0) is 49.9 Å². The number of ether oxygens (including phenoxy) is 1. The van der Waals surface area contributed by atoms with Gasteiger partial charge in [-0.25, -0.2) is 13.4 Å². The van der Waals surface area contributed by atoms with Gasteiger partial charge in [-0.15, -0.1) is 0 Å². The van der Waals surface area contributed by atoms with Crippen LogP contribution in [0, 0.1) is 6.92 Å².